The Morgan fingerprint density at radius 2 is 2.12 bits per heavy atom. The summed E-state index contributed by atoms with van der Waals surface area (Å²) in [6.07, 6.45) is 1.08. The Balaban J connectivity index is 1.68. The Labute approximate surface area is 195 Å². The average molecular weight is 494 g/mol. The highest BCUT2D eigenvalue weighted by atomic mass is 31.2. The standard InChI is InChI=1S/C21H28FN6O5P/c1-13-5-6-15(9-16(13)22)10-33-34(31,27-21(3,4)14(2)29)12-32-8-7-28-11-24-17-18(28)25-20(23)26-19(17)30/h5-6,9,11H,7-8,10,12H2,1-4H3,(H,27,31)(H3,23,25,26,30). The first kappa shape index (κ1) is 25.7. The lowest BCUT2D eigenvalue weighted by Gasteiger charge is -2.29. The second-order valence-electron chi connectivity index (χ2n) is 8.42. The monoisotopic (exact) mass is 494 g/mol. The number of ether oxygens (including phenoxy) is 1. The summed E-state index contributed by atoms with van der Waals surface area (Å²) in [5.41, 5.74) is 5.40. The zero-order valence-corrected chi connectivity index (χ0v) is 20.3. The van der Waals surface area contributed by atoms with E-state index in [1.807, 2.05) is 0 Å². The van der Waals surface area contributed by atoms with Crippen molar-refractivity contribution in [2.75, 3.05) is 18.7 Å². The first-order valence-electron chi connectivity index (χ1n) is 10.5. The smallest absolute Gasteiger partial charge is 0.296 e. The van der Waals surface area contributed by atoms with Gasteiger partial charge in [-0.2, -0.15) is 4.98 Å². The Morgan fingerprint density at radius 3 is 2.79 bits per heavy atom. The topological polar surface area (TPSA) is 154 Å². The molecule has 0 saturated heterocycles. The second kappa shape index (κ2) is 10.1. The Morgan fingerprint density at radius 1 is 1.38 bits per heavy atom. The minimum atomic E-state index is -3.69. The van der Waals surface area contributed by atoms with Gasteiger partial charge in [0.25, 0.3) is 13.1 Å². The van der Waals surface area contributed by atoms with Gasteiger partial charge in [0.15, 0.2) is 11.2 Å². The van der Waals surface area contributed by atoms with E-state index in [9.17, 15) is 18.5 Å². The molecule has 13 heteroatoms. The molecule has 0 aliphatic carbocycles. The fraction of sp³-hybridized carbons (Fsp3) is 0.429. The molecule has 4 N–H and O–H groups in total. The highest BCUT2D eigenvalue weighted by Gasteiger charge is 2.35. The number of carbonyl (C=O) groups excluding carboxylic acids is 1. The number of nitrogens with one attached hydrogen (secondary N) is 2. The Kier molecular flexibility index (Phi) is 7.67. The fourth-order valence-corrected chi connectivity index (χ4v) is 4.93. The van der Waals surface area contributed by atoms with Crippen LogP contribution in [0.15, 0.2) is 29.3 Å². The molecule has 0 aliphatic rings. The number of hydrogen-bond acceptors (Lipinski definition) is 8. The summed E-state index contributed by atoms with van der Waals surface area (Å²) in [4.78, 5) is 34.3. The summed E-state index contributed by atoms with van der Waals surface area (Å²) in [5, 5.41) is 2.78. The molecule has 11 nitrogen and oxygen atoms in total. The third-order valence-corrected chi connectivity index (χ3v) is 7.21. The molecule has 1 unspecified atom stereocenters. The molecular weight excluding hydrogens is 466 g/mol. The molecule has 0 fully saturated rings. The van der Waals surface area contributed by atoms with Gasteiger partial charge in [0.1, 0.15) is 17.9 Å². The number of carbonyl (C=O) groups is 1. The largest absolute Gasteiger partial charge is 0.369 e. The number of anilines is 1. The van der Waals surface area contributed by atoms with Crippen LogP contribution < -0.4 is 16.4 Å². The maximum atomic E-state index is 13.9. The van der Waals surface area contributed by atoms with Crippen LogP contribution in [-0.2, 0) is 31.8 Å². The molecule has 0 bridgehead atoms. The molecule has 2 heterocycles. The molecule has 1 aromatic carbocycles. The highest BCUT2D eigenvalue weighted by Crippen LogP contribution is 2.45. The maximum Gasteiger partial charge on any atom is 0.296 e. The van der Waals surface area contributed by atoms with Crippen LogP contribution in [0.1, 0.15) is 31.9 Å². The summed E-state index contributed by atoms with van der Waals surface area (Å²) >= 11 is 0. The van der Waals surface area contributed by atoms with Crippen LogP contribution in [0.25, 0.3) is 11.2 Å². The quantitative estimate of drug-likeness (QED) is 0.269. The third kappa shape index (κ3) is 6.15. The molecule has 0 aliphatic heterocycles. The number of nitrogen functional groups attached to an aromatic ring is 1. The summed E-state index contributed by atoms with van der Waals surface area (Å²) in [6.45, 7) is 6.36. The summed E-state index contributed by atoms with van der Waals surface area (Å²) in [6, 6.07) is 4.58. The molecule has 1 atom stereocenters. The third-order valence-electron chi connectivity index (χ3n) is 5.24. The van der Waals surface area contributed by atoms with Gasteiger partial charge in [-0.15, -0.1) is 0 Å². The van der Waals surface area contributed by atoms with Crippen molar-refractivity contribution in [3.63, 3.8) is 0 Å². The van der Waals surface area contributed by atoms with E-state index in [1.54, 1.807) is 37.5 Å². The van der Waals surface area contributed by atoms with Gasteiger partial charge in [-0.1, -0.05) is 12.1 Å². The van der Waals surface area contributed by atoms with Crippen molar-refractivity contribution >= 4 is 30.4 Å². The van der Waals surface area contributed by atoms with Gasteiger partial charge in [0, 0.05) is 6.54 Å². The average Bonchev–Trinajstić information content (AvgIpc) is 3.15. The number of nitrogens with zero attached hydrogens (tertiary/aromatic N) is 3. The van der Waals surface area contributed by atoms with E-state index in [0.717, 1.165) is 0 Å². The number of aryl methyl sites for hydroxylation is 1. The number of nitrogens with two attached hydrogens (primary N) is 1. The number of ketones is 1. The van der Waals surface area contributed by atoms with Crippen LogP contribution in [0.4, 0.5) is 10.3 Å². The first-order chi connectivity index (χ1) is 15.9. The van der Waals surface area contributed by atoms with E-state index in [1.165, 1.54) is 19.3 Å². The van der Waals surface area contributed by atoms with Crippen molar-refractivity contribution in [2.24, 2.45) is 0 Å². The van der Waals surface area contributed by atoms with Gasteiger partial charge >= 0.3 is 0 Å². The molecule has 3 rings (SSSR count). The summed E-state index contributed by atoms with van der Waals surface area (Å²) in [5.74, 6) is -0.678. The Hall–Kier alpha value is -2.92. The SMILES string of the molecule is CC(=O)C(C)(C)NP(=O)(COCCn1cnc2c(=O)[nH]c(N)nc21)OCc1ccc(C)c(F)c1. The number of imidazole rings is 1. The van der Waals surface area contributed by atoms with E-state index >= 15 is 0 Å². The fourth-order valence-electron chi connectivity index (χ4n) is 2.99. The zero-order valence-electron chi connectivity index (χ0n) is 19.4. The molecular formula is C21H28FN6O5P. The number of halogens is 1. The number of fused-ring (bicyclic) bond motifs is 1. The maximum absolute atomic E-state index is 13.9. The number of H-pyrrole nitrogens is 1. The lowest BCUT2D eigenvalue weighted by Crippen LogP contribution is -2.44. The van der Waals surface area contributed by atoms with Gasteiger partial charge in [0.05, 0.1) is 25.1 Å². The number of aromatic nitrogens is 4. The molecule has 0 spiro atoms. The van der Waals surface area contributed by atoms with E-state index in [2.05, 4.69) is 20.0 Å². The van der Waals surface area contributed by atoms with Crippen LogP contribution in [0, 0.1) is 12.7 Å². The van der Waals surface area contributed by atoms with Crippen molar-refractivity contribution < 1.29 is 23.0 Å². The molecule has 184 valence electrons. The van der Waals surface area contributed by atoms with Crippen molar-refractivity contribution in [1.29, 1.82) is 0 Å². The minimum Gasteiger partial charge on any atom is -0.369 e. The molecule has 34 heavy (non-hydrogen) atoms. The minimum absolute atomic E-state index is 0.0405. The molecule has 0 amide bonds. The molecule has 0 saturated carbocycles. The van der Waals surface area contributed by atoms with E-state index in [-0.39, 0.29) is 43.4 Å². The first-order valence-corrected chi connectivity index (χ1v) is 12.3. The van der Waals surface area contributed by atoms with Crippen LogP contribution in [0.3, 0.4) is 0 Å². The van der Waals surface area contributed by atoms with Crippen molar-refractivity contribution in [1.82, 2.24) is 24.6 Å². The number of hydrogen-bond donors (Lipinski definition) is 3. The zero-order chi connectivity index (χ0) is 25.1. The predicted octanol–water partition coefficient (Wildman–Crippen LogP) is 2.49. The molecule has 3 aromatic rings. The van der Waals surface area contributed by atoms with Gasteiger partial charge in [-0.3, -0.25) is 19.1 Å². The molecule has 2 aromatic heterocycles. The van der Waals surface area contributed by atoms with Crippen LogP contribution >= 0.6 is 7.52 Å². The number of rotatable bonds is 11. The number of aromatic amines is 1. The highest BCUT2D eigenvalue weighted by molar-refractivity contribution is 7.56. The van der Waals surface area contributed by atoms with Gasteiger partial charge in [-0.25, -0.2) is 14.5 Å². The van der Waals surface area contributed by atoms with Crippen molar-refractivity contribution in [3.05, 3.63) is 51.8 Å². The van der Waals surface area contributed by atoms with Gasteiger partial charge in [0.2, 0.25) is 5.95 Å². The number of benzene rings is 1. The van der Waals surface area contributed by atoms with Gasteiger partial charge < -0.3 is 19.6 Å². The summed E-state index contributed by atoms with van der Waals surface area (Å²) in [7, 11) is -3.69. The van der Waals surface area contributed by atoms with Crippen LogP contribution in [0.5, 0.6) is 0 Å². The van der Waals surface area contributed by atoms with E-state index in [0.29, 0.717) is 16.8 Å². The second-order valence-corrected chi connectivity index (χ2v) is 10.5. The lowest BCUT2D eigenvalue weighted by atomic mass is 10.0. The number of Topliss-reactive ketones (excluding diaryl/α,β-unsaturated/α-hetero) is 1. The normalized spacial score (nSPS) is 13.8. The lowest BCUT2D eigenvalue weighted by molar-refractivity contribution is -0.121. The Bertz CT molecular complexity index is 1300. The van der Waals surface area contributed by atoms with E-state index < -0.39 is 24.4 Å². The van der Waals surface area contributed by atoms with Crippen molar-refractivity contribution in [3.8, 4) is 0 Å². The van der Waals surface area contributed by atoms with E-state index in [4.69, 9.17) is 15.0 Å². The predicted molar refractivity (Wildman–Crippen MR) is 125 cm³/mol. The molecule has 0 radical (unpaired) electrons. The van der Waals surface area contributed by atoms with Gasteiger partial charge in [-0.05, 0) is 44.9 Å². The van der Waals surface area contributed by atoms with Crippen LogP contribution in [0.2, 0.25) is 0 Å². The van der Waals surface area contributed by atoms with Crippen LogP contribution in [-0.4, -0.2) is 43.8 Å². The summed E-state index contributed by atoms with van der Waals surface area (Å²) < 4.78 is 40.2. The van der Waals surface area contributed by atoms with Crippen molar-refractivity contribution in [2.45, 2.75) is 46.4 Å².